The van der Waals surface area contributed by atoms with Crippen molar-refractivity contribution in [3.63, 3.8) is 0 Å². The molecule has 0 unspecified atom stereocenters. The largest absolute Gasteiger partial charge is 0.276 e. The highest BCUT2D eigenvalue weighted by Gasteiger charge is 2.06. The van der Waals surface area contributed by atoms with Gasteiger partial charge in [0.25, 0.3) is 0 Å². The molecule has 1 aromatic carbocycles. The third kappa shape index (κ3) is 2.00. The van der Waals surface area contributed by atoms with Gasteiger partial charge in [0, 0.05) is 11.8 Å². The molecule has 3 rings (SSSR count). The molecule has 0 saturated heterocycles. The van der Waals surface area contributed by atoms with Gasteiger partial charge in [0.2, 0.25) is 0 Å². The van der Waals surface area contributed by atoms with Crippen LogP contribution in [-0.4, -0.2) is 15.2 Å². The molecule has 0 spiro atoms. The number of H-pyrrole nitrogens is 1. The van der Waals surface area contributed by atoms with Gasteiger partial charge in [0.15, 0.2) is 0 Å². The molecule has 0 saturated carbocycles. The first-order valence-electron chi connectivity index (χ1n) is 5.56. The molecular weight excluding hydrogens is 229 g/mol. The molecule has 0 aliphatic carbocycles. The summed E-state index contributed by atoms with van der Waals surface area (Å²) in [6.07, 6.45) is 1.73. The van der Waals surface area contributed by atoms with Crippen molar-refractivity contribution >= 4 is 0 Å². The highest BCUT2D eigenvalue weighted by Crippen LogP contribution is 2.22. The van der Waals surface area contributed by atoms with Gasteiger partial charge in [-0.3, -0.25) is 10.1 Å². The van der Waals surface area contributed by atoms with E-state index in [1.54, 1.807) is 18.3 Å². The Kier molecular flexibility index (Phi) is 2.61. The fraction of sp³-hybridized carbons (Fsp3) is 0. The van der Waals surface area contributed by atoms with E-state index in [9.17, 15) is 4.39 Å². The van der Waals surface area contributed by atoms with Crippen LogP contribution in [-0.2, 0) is 0 Å². The molecule has 4 heteroatoms. The number of hydrogen-bond acceptors (Lipinski definition) is 2. The normalized spacial score (nSPS) is 10.5. The van der Waals surface area contributed by atoms with Gasteiger partial charge in [-0.1, -0.05) is 6.07 Å². The van der Waals surface area contributed by atoms with Crippen LogP contribution in [0, 0.1) is 5.82 Å². The van der Waals surface area contributed by atoms with Gasteiger partial charge in [0.05, 0.1) is 17.1 Å². The predicted molar refractivity (Wildman–Crippen MR) is 67.2 cm³/mol. The Morgan fingerprint density at radius 2 is 1.78 bits per heavy atom. The summed E-state index contributed by atoms with van der Waals surface area (Å²) in [6, 6.07) is 13.8. The van der Waals surface area contributed by atoms with Crippen molar-refractivity contribution in [2.45, 2.75) is 0 Å². The maximum Gasteiger partial charge on any atom is 0.123 e. The number of benzene rings is 1. The maximum atomic E-state index is 12.8. The van der Waals surface area contributed by atoms with Crippen molar-refractivity contribution in [3.05, 3.63) is 60.5 Å². The molecule has 0 amide bonds. The summed E-state index contributed by atoms with van der Waals surface area (Å²) >= 11 is 0. The van der Waals surface area contributed by atoms with Crippen molar-refractivity contribution < 1.29 is 4.39 Å². The van der Waals surface area contributed by atoms with Crippen LogP contribution in [0.15, 0.2) is 54.7 Å². The molecule has 0 aliphatic heterocycles. The number of nitrogens with one attached hydrogen (secondary N) is 1. The van der Waals surface area contributed by atoms with E-state index in [1.807, 2.05) is 24.3 Å². The Labute approximate surface area is 103 Å². The molecule has 0 bridgehead atoms. The van der Waals surface area contributed by atoms with Crippen molar-refractivity contribution in [2.24, 2.45) is 0 Å². The second kappa shape index (κ2) is 4.41. The first-order valence-corrected chi connectivity index (χ1v) is 5.56. The van der Waals surface area contributed by atoms with Gasteiger partial charge < -0.3 is 0 Å². The summed E-state index contributed by atoms with van der Waals surface area (Å²) in [4.78, 5) is 4.24. The number of aromatic amines is 1. The van der Waals surface area contributed by atoms with E-state index in [0.29, 0.717) is 0 Å². The fourth-order valence-electron chi connectivity index (χ4n) is 1.74. The van der Waals surface area contributed by atoms with E-state index in [2.05, 4.69) is 15.2 Å². The Morgan fingerprint density at radius 1 is 0.944 bits per heavy atom. The van der Waals surface area contributed by atoms with E-state index in [0.717, 1.165) is 22.6 Å². The predicted octanol–water partition coefficient (Wildman–Crippen LogP) is 3.28. The number of aromatic nitrogens is 3. The fourth-order valence-corrected chi connectivity index (χ4v) is 1.74. The highest BCUT2D eigenvalue weighted by molar-refractivity contribution is 5.66. The Hall–Kier alpha value is -2.49. The van der Waals surface area contributed by atoms with Crippen molar-refractivity contribution in [3.8, 4) is 22.6 Å². The second-order valence-corrected chi connectivity index (χ2v) is 3.89. The highest BCUT2D eigenvalue weighted by atomic mass is 19.1. The number of halogens is 1. The third-order valence-electron chi connectivity index (χ3n) is 2.66. The Balaban J connectivity index is 1.97. The van der Waals surface area contributed by atoms with Gasteiger partial charge in [-0.05, 0) is 42.5 Å². The maximum absolute atomic E-state index is 12.8. The molecule has 1 N–H and O–H groups in total. The van der Waals surface area contributed by atoms with Crippen LogP contribution in [0.4, 0.5) is 4.39 Å². The summed E-state index contributed by atoms with van der Waals surface area (Å²) in [5.74, 6) is -0.251. The van der Waals surface area contributed by atoms with Crippen molar-refractivity contribution in [1.82, 2.24) is 15.2 Å². The van der Waals surface area contributed by atoms with Gasteiger partial charge in [0.1, 0.15) is 5.82 Å². The SMILES string of the molecule is Fc1ccc(-c2cc(-c3ccccn3)[nH]n2)cc1. The molecule has 0 aliphatic rings. The van der Waals surface area contributed by atoms with E-state index in [-0.39, 0.29) is 5.82 Å². The van der Waals surface area contributed by atoms with Crippen LogP contribution in [0.2, 0.25) is 0 Å². The summed E-state index contributed by atoms with van der Waals surface area (Å²) in [5.41, 5.74) is 3.32. The topological polar surface area (TPSA) is 41.6 Å². The van der Waals surface area contributed by atoms with E-state index in [1.165, 1.54) is 12.1 Å². The lowest BCUT2D eigenvalue weighted by Gasteiger charge is -1.95. The minimum atomic E-state index is -0.251. The molecule has 0 radical (unpaired) electrons. The van der Waals surface area contributed by atoms with Crippen molar-refractivity contribution in [2.75, 3.05) is 0 Å². The molecule has 0 atom stereocenters. The smallest absolute Gasteiger partial charge is 0.123 e. The lowest BCUT2D eigenvalue weighted by atomic mass is 10.1. The number of nitrogens with zero attached hydrogens (tertiary/aromatic N) is 2. The summed E-state index contributed by atoms with van der Waals surface area (Å²) < 4.78 is 12.8. The Bertz CT molecular complexity index is 644. The molecule has 0 fully saturated rings. The molecule has 2 aromatic heterocycles. The first kappa shape index (κ1) is 10.7. The van der Waals surface area contributed by atoms with Gasteiger partial charge in [-0.15, -0.1) is 0 Å². The van der Waals surface area contributed by atoms with Gasteiger partial charge >= 0.3 is 0 Å². The number of pyridine rings is 1. The lowest BCUT2D eigenvalue weighted by Crippen LogP contribution is -1.80. The molecule has 3 aromatic rings. The molecule has 3 nitrogen and oxygen atoms in total. The van der Waals surface area contributed by atoms with Crippen LogP contribution < -0.4 is 0 Å². The van der Waals surface area contributed by atoms with E-state index >= 15 is 0 Å². The zero-order valence-electron chi connectivity index (χ0n) is 9.47. The van der Waals surface area contributed by atoms with Crippen molar-refractivity contribution in [1.29, 1.82) is 0 Å². The summed E-state index contributed by atoms with van der Waals surface area (Å²) in [7, 11) is 0. The zero-order chi connectivity index (χ0) is 12.4. The van der Waals surface area contributed by atoms with Crippen LogP contribution >= 0.6 is 0 Å². The molecular formula is C14H10FN3. The lowest BCUT2D eigenvalue weighted by molar-refractivity contribution is 0.628. The summed E-state index contributed by atoms with van der Waals surface area (Å²) in [6.45, 7) is 0. The van der Waals surface area contributed by atoms with Crippen LogP contribution in [0.25, 0.3) is 22.6 Å². The van der Waals surface area contributed by atoms with Gasteiger partial charge in [-0.2, -0.15) is 5.10 Å². The van der Waals surface area contributed by atoms with Crippen LogP contribution in [0.1, 0.15) is 0 Å². The van der Waals surface area contributed by atoms with Crippen LogP contribution in [0.3, 0.4) is 0 Å². The second-order valence-electron chi connectivity index (χ2n) is 3.89. The quantitative estimate of drug-likeness (QED) is 0.745. The zero-order valence-corrected chi connectivity index (χ0v) is 9.47. The monoisotopic (exact) mass is 239 g/mol. The Morgan fingerprint density at radius 3 is 2.50 bits per heavy atom. The third-order valence-corrected chi connectivity index (χ3v) is 2.66. The minimum absolute atomic E-state index is 0.251. The minimum Gasteiger partial charge on any atom is -0.276 e. The first-order chi connectivity index (χ1) is 8.83. The molecule has 2 heterocycles. The van der Waals surface area contributed by atoms with E-state index < -0.39 is 0 Å². The number of hydrogen-bond donors (Lipinski definition) is 1. The average molecular weight is 239 g/mol. The van der Waals surface area contributed by atoms with Crippen LogP contribution in [0.5, 0.6) is 0 Å². The van der Waals surface area contributed by atoms with E-state index in [4.69, 9.17) is 0 Å². The standard InChI is InChI=1S/C14H10FN3/c15-11-6-4-10(5-7-11)13-9-14(18-17-13)12-3-1-2-8-16-12/h1-9H,(H,17,18). The number of rotatable bonds is 2. The average Bonchev–Trinajstić information content (AvgIpc) is 2.90. The molecule has 88 valence electrons. The molecule has 18 heavy (non-hydrogen) atoms. The summed E-state index contributed by atoms with van der Waals surface area (Å²) in [5, 5.41) is 7.13. The van der Waals surface area contributed by atoms with Gasteiger partial charge in [-0.25, -0.2) is 4.39 Å².